The predicted molar refractivity (Wildman–Crippen MR) is 69.6 cm³/mol. The second kappa shape index (κ2) is 8.82. The third-order valence-corrected chi connectivity index (χ3v) is 1.83. The molecule has 0 aromatic carbocycles. The molecule has 0 aromatic heterocycles. The van der Waals surface area contributed by atoms with Gasteiger partial charge in [-0.15, -0.1) is 0 Å². The summed E-state index contributed by atoms with van der Waals surface area (Å²) in [6.07, 6.45) is 13.2. The molecule has 0 atom stereocenters. The van der Waals surface area contributed by atoms with Crippen LogP contribution in [0.25, 0.3) is 0 Å². The minimum Gasteiger partial charge on any atom is -0.381 e. The summed E-state index contributed by atoms with van der Waals surface area (Å²) in [6.45, 7) is 13.8. The average Bonchev–Trinajstić information content (AvgIpc) is 2.27. The Morgan fingerprint density at radius 3 is 2.40 bits per heavy atom. The fraction of sp³-hybridized carbons (Fsp3) is 0.143. The Hall–Kier alpha value is -1.76. The first-order valence-corrected chi connectivity index (χ1v) is 4.91. The van der Waals surface area contributed by atoms with Gasteiger partial charge in [0.25, 0.3) is 0 Å². The number of hydrogen-bond donors (Lipinski definition) is 1. The lowest BCUT2D eigenvalue weighted by Crippen LogP contribution is -2.14. The van der Waals surface area contributed by atoms with Gasteiger partial charge in [0, 0.05) is 12.2 Å². The highest BCUT2D eigenvalue weighted by molar-refractivity contribution is 5.26. The molecule has 0 rings (SSSR count). The van der Waals surface area contributed by atoms with Gasteiger partial charge < -0.3 is 5.32 Å². The first-order valence-electron chi connectivity index (χ1n) is 4.91. The summed E-state index contributed by atoms with van der Waals surface area (Å²) in [5.74, 6) is 0. The first kappa shape index (κ1) is 13.2. The Bertz CT molecular complexity index is 303. The van der Waals surface area contributed by atoms with Crippen molar-refractivity contribution in [2.24, 2.45) is 0 Å². The van der Waals surface area contributed by atoms with E-state index in [9.17, 15) is 0 Å². The summed E-state index contributed by atoms with van der Waals surface area (Å²) in [6, 6.07) is 0. The summed E-state index contributed by atoms with van der Waals surface area (Å²) in [5.41, 5.74) is 2.17. The van der Waals surface area contributed by atoms with Crippen molar-refractivity contribution in [3.8, 4) is 0 Å². The number of rotatable bonds is 7. The van der Waals surface area contributed by atoms with Gasteiger partial charge >= 0.3 is 0 Å². The van der Waals surface area contributed by atoms with Gasteiger partial charge in [-0.3, -0.25) is 0 Å². The van der Waals surface area contributed by atoms with E-state index < -0.39 is 0 Å². The molecule has 0 unspecified atom stereocenters. The predicted octanol–water partition coefficient (Wildman–Crippen LogP) is 3.52. The van der Waals surface area contributed by atoms with E-state index in [4.69, 9.17) is 0 Å². The number of hydrogen-bond acceptors (Lipinski definition) is 1. The van der Waals surface area contributed by atoms with Crippen molar-refractivity contribution >= 4 is 0 Å². The van der Waals surface area contributed by atoms with E-state index in [1.165, 1.54) is 5.57 Å². The normalized spacial score (nSPS) is 12.6. The van der Waals surface area contributed by atoms with Crippen LogP contribution in [0.3, 0.4) is 0 Å². The van der Waals surface area contributed by atoms with E-state index in [2.05, 4.69) is 31.1 Å². The highest BCUT2D eigenvalue weighted by Crippen LogP contribution is 1.98. The van der Waals surface area contributed by atoms with Crippen LogP contribution in [-0.4, -0.2) is 6.54 Å². The third-order valence-electron chi connectivity index (χ3n) is 1.83. The summed E-state index contributed by atoms with van der Waals surface area (Å²) < 4.78 is 0. The van der Waals surface area contributed by atoms with Crippen LogP contribution in [0, 0.1) is 0 Å². The van der Waals surface area contributed by atoms with Gasteiger partial charge in [-0.1, -0.05) is 50.1 Å². The van der Waals surface area contributed by atoms with Crippen molar-refractivity contribution in [1.82, 2.24) is 5.32 Å². The standard InChI is InChI=1S/C14H19N/c1-5-9-11-13(7-3)12-15-14(8-4)10-6-2/h5-11,15H,1-2,4,12H2,3H3/b11-9-,13-7+,14-10+. The van der Waals surface area contributed by atoms with Gasteiger partial charge in [-0.25, -0.2) is 0 Å². The monoisotopic (exact) mass is 201 g/mol. The Balaban J connectivity index is 4.28. The van der Waals surface area contributed by atoms with Crippen LogP contribution in [0.4, 0.5) is 0 Å². The van der Waals surface area contributed by atoms with E-state index in [1.54, 1.807) is 18.2 Å². The van der Waals surface area contributed by atoms with E-state index in [0.29, 0.717) is 0 Å². The fourth-order valence-corrected chi connectivity index (χ4v) is 0.979. The van der Waals surface area contributed by atoms with Gasteiger partial charge in [-0.2, -0.15) is 0 Å². The van der Waals surface area contributed by atoms with Crippen LogP contribution in [0.5, 0.6) is 0 Å². The van der Waals surface area contributed by atoms with Gasteiger partial charge in [0.2, 0.25) is 0 Å². The molecule has 0 aromatic rings. The van der Waals surface area contributed by atoms with Crippen LogP contribution >= 0.6 is 0 Å². The molecule has 0 spiro atoms. The third kappa shape index (κ3) is 6.33. The quantitative estimate of drug-likeness (QED) is 0.621. The molecule has 0 bridgehead atoms. The molecule has 15 heavy (non-hydrogen) atoms. The van der Waals surface area contributed by atoms with Crippen molar-refractivity contribution in [3.63, 3.8) is 0 Å². The Kier molecular flexibility index (Phi) is 7.79. The molecule has 0 aliphatic heterocycles. The minimum atomic E-state index is 0.770. The lowest BCUT2D eigenvalue weighted by Gasteiger charge is -2.06. The molecule has 0 heterocycles. The van der Waals surface area contributed by atoms with Crippen LogP contribution in [-0.2, 0) is 0 Å². The Morgan fingerprint density at radius 2 is 1.93 bits per heavy atom. The fourth-order valence-electron chi connectivity index (χ4n) is 0.979. The molecule has 80 valence electrons. The van der Waals surface area contributed by atoms with Gasteiger partial charge in [0.1, 0.15) is 0 Å². The molecule has 1 N–H and O–H groups in total. The zero-order valence-corrected chi connectivity index (χ0v) is 9.37. The topological polar surface area (TPSA) is 12.0 Å². The largest absolute Gasteiger partial charge is 0.381 e. The molecule has 0 saturated carbocycles. The van der Waals surface area contributed by atoms with E-state index in [1.807, 2.05) is 25.2 Å². The summed E-state index contributed by atoms with van der Waals surface area (Å²) in [7, 11) is 0. The maximum Gasteiger partial charge on any atom is 0.0397 e. The van der Waals surface area contributed by atoms with E-state index in [0.717, 1.165) is 12.2 Å². The smallest absolute Gasteiger partial charge is 0.0397 e. The maximum atomic E-state index is 3.71. The Morgan fingerprint density at radius 1 is 1.20 bits per heavy atom. The molecule has 0 aliphatic rings. The molecule has 1 nitrogen and oxygen atoms in total. The lowest BCUT2D eigenvalue weighted by atomic mass is 10.2. The maximum absolute atomic E-state index is 3.71. The molecule has 0 saturated heterocycles. The van der Waals surface area contributed by atoms with E-state index >= 15 is 0 Å². The number of allylic oxidation sites excluding steroid dienone is 6. The van der Waals surface area contributed by atoms with Crippen LogP contribution in [0.2, 0.25) is 0 Å². The second-order valence-electron chi connectivity index (χ2n) is 2.87. The second-order valence-corrected chi connectivity index (χ2v) is 2.87. The molecular formula is C14H19N. The van der Waals surface area contributed by atoms with Gasteiger partial charge in [-0.05, 0) is 24.6 Å². The zero-order valence-electron chi connectivity index (χ0n) is 9.37. The summed E-state index contributed by atoms with van der Waals surface area (Å²) >= 11 is 0. The van der Waals surface area contributed by atoms with Crippen molar-refractivity contribution in [2.45, 2.75) is 6.92 Å². The van der Waals surface area contributed by atoms with Crippen molar-refractivity contribution in [2.75, 3.05) is 6.54 Å². The van der Waals surface area contributed by atoms with Crippen molar-refractivity contribution < 1.29 is 0 Å². The molecule has 0 amide bonds. The number of nitrogens with one attached hydrogen (secondary N) is 1. The van der Waals surface area contributed by atoms with Crippen molar-refractivity contribution in [1.29, 1.82) is 0 Å². The minimum absolute atomic E-state index is 0.770. The SMILES string of the molecule is C=C/C=C\C(=C/C)CN/C(C=C)=C/C=C. The lowest BCUT2D eigenvalue weighted by molar-refractivity contribution is 0.910. The van der Waals surface area contributed by atoms with Crippen LogP contribution in [0.1, 0.15) is 6.92 Å². The van der Waals surface area contributed by atoms with Gasteiger partial charge in [0.15, 0.2) is 0 Å². The molecule has 0 radical (unpaired) electrons. The molecule has 0 aliphatic carbocycles. The van der Waals surface area contributed by atoms with Crippen LogP contribution in [0.15, 0.2) is 73.5 Å². The molecule has 0 fully saturated rings. The molecular weight excluding hydrogens is 182 g/mol. The van der Waals surface area contributed by atoms with E-state index in [-0.39, 0.29) is 0 Å². The Labute approximate surface area is 92.9 Å². The highest BCUT2D eigenvalue weighted by atomic mass is 14.9. The average molecular weight is 201 g/mol. The summed E-state index contributed by atoms with van der Waals surface area (Å²) in [4.78, 5) is 0. The molecule has 1 heteroatoms. The first-order chi connectivity index (χ1) is 7.28. The van der Waals surface area contributed by atoms with Crippen molar-refractivity contribution in [3.05, 3.63) is 73.5 Å². The summed E-state index contributed by atoms with van der Waals surface area (Å²) in [5, 5.41) is 3.25. The van der Waals surface area contributed by atoms with Gasteiger partial charge in [0.05, 0.1) is 0 Å². The highest BCUT2D eigenvalue weighted by Gasteiger charge is 1.91. The zero-order chi connectivity index (χ0) is 11.5. The van der Waals surface area contributed by atoms with Crippen LogP contribution < -0.4 is 5.32 Å².